The topological polar surface area (TPSA) is 92.4 Å². The third-order valence-electron chi connectivity index (χ3n) is 4.81. The van der Waals surface area contributed by atoms with Crippen LogP contribution in [0.15, 0.2) is 36.4 Å². The number of nitrogen functional groups attached to an aromatic ring is 1. The smallest absolute Gasteiger partial charge is 0.228 e. The summed E-state index contributed by atoms with van der Waals surface area (Å²) < 4.78 is 0. The van der Waals surface area contributed by atoms with Crippen LogP contribution >= 0.6 is 0 Å². The maximum absolute atomic E-state index is 12.9. The maximum Gasteiger partial charge on any atom is 0.228 e. The van der Waals surface area contributed by atoms with Gasteiger partial charge in [-0.05, 0) is 23.8 Å². The minimum atomic E-state index is -0.304. The van der Waals surface area contributed by atoms with E-state index in [4.69, 9.17) is 5.73 Å². The summed E-state index contributed by atoms with van der Waals surface area (Å²) in [6, 6.07) is 11.3. The Morgan fingerprint density at radius 1 is 1.20 bits per heavy atom. The third kappa shape index (κ3) is 2.93. The average Bonchev–Trinajstić information content (AvgIpc) is 3.03. The van der Waals surface area contributed by atoms with Crippen molar-refractivity contribution in [3.63, 3.8) is 0 Å². The molecule has 2 aromatic rings. The highest BCUT2D eigenvalue weighted by molar-refractivity contribution is 6.00. The van der Waals surface area contributed by atoms with E-state index < -0.39 is 0 Å². The average molecular weight is 337 g/mol. The summed E-state index contributed by atoms with van der Waals surface area (Å²) in [5, 5.41) is 7.96. The first-order valence-corrected chi connectivity index (χ1v) is 8.37. The lowest BCUT2D eigenvalue weighted by molar-refractivity contribution is -0.136. The van der Waals surface area contributed by atoms with Gasteiger partial charge < -0.3 is 15.5 Å². The van der Waals surface area contributed by atoms with Crippen LogP contribution in [0.2, 0.25) is 0 Å². The molecule has 1 fully saturated rings. The van der Waals surface area contributed by atoms with Crippen molar-refractivity contribution in [2.75, 3.05) is 23.7 Å². The molecule has 3 heterocycles. The van der Waals surface area contributed by atoms with Crippen LogP contribution in [0, 0.1) is 5.92 Å². The Kier molecular flexibility index (Phi) is 3.83. The molecule has 0 unspecified atom stereocenters. The van der Waals surface area contributed by atoms with Gasteiger partial charge in [-0.25, -0.2) is 0 Å². The van der Waals surface area contributed by atoms with Crippen LogP contribution in [-0.2, 0) is 22.6 Å². The molecule has 2 amide bonds. The van der Waals surface area contributed by atoms with Gasteiger partial charge in [-0.3, -0.25) is 9.59 Å². The van der Waals surface area contributed by atoms with Gasteiger partial charge in [0.25, 0.3) is 0 Å². The zero-order valence-electron chi connectivity index (χ0n) is 13.8. The van der Waals surface area contributed by atoms with Crippen LogP contribution in [0.5, 0.6) is 0 Å². The first kappa shape index (κ1) is 15.6. The van der Waals surface area contributed by atoms with Crippen LogP contribution in [0.3, 0.4) is 0 Å². The summed E-state index contributed by atoms with van der Waals surface area (Å²) >= 11 is 0. The van der Waals surface area contributed by atoms with Crippen molar-refractivity contribution in [3.8, 4) is 0 Å². The third-order valence-corrected chi connectivity index (χ3v) is 4.81. The van der Waals surface area contributed by atoms with Crippen LogP contribution in [0.1, 0.15) is 17.7 Å². The number of anilines is 2. The fourth-order valence-electron chi connectivity index (χ4n) is 3.52. The number of hydrogen-bond acceptors (Lipinski definition) is 5. The van der Waals surface area contributed by atoms with E-state index in [1.54, 1.807) is 15.9 Å². The predicted octanol–water partition coefficient (Wildman–Crippen LogP) is 0.997. The summed E-state index contributed by atoms with van der Waals surface area (Å²) in [4.78, 5) is 28.7. The lowest BCUT2D eigenvalue weighted by Crippen LogP contribution is -2.41. The molecular weight excluding hydrogens is 318 g/mol. The van der Waals surface area contributed by atoms with E-state index in [0.717, 1.165) is 16.9 Å². The zero-order valence-corrected chi connectivity index (χ0v) is 13.8. The molecule has 1 aromatic heterocycles. The van der Waals surface area contributed by atoms with E-state index in [9.17, 15) is 9.59 Å². The number of para-hydroxylation sites is 1. The van der Waals surface area contributed by atoms with Crippen molar-refractivity contribution in [3.05, 3.63) is 47.7 Å². The van der Waals surface area contributed by atoms with Crippen molar-refractivity contribution >= 4 is 23.3 Å². The largest absolute Gasteiger partial charge is 0.382 e. The molecule has 0 bridgehead atoms. The fourth-order valence-corrected chi connectivity index (χ4v) is 3.52. The minimum Gasteiger partial charge on any atom is -0.382 e. The second-order valence-electron chi connectivity index (χ2n) is 6.49. The predicted molar refractivity (Wildman–Crippen MR) is 92.5 cm³/mol. The second-order valence-corrected chi connectivity index (χ2v) is 6.49. The van der Waals surface area contributed by atoms with Gasteiger partial charge in [-0.1, -0.05) is 18.2 Å². The Morgan fingerprint density at radius 3 is 2.80 bits per heavy atom. The van der Waals surface area contributed by atoms with Crippen LogP contribution in [0.25, 0.3) is 0 Å². The van der Waals surface area contributed by atoms with E-state index in [2.05, 4.69) is 10.2 Å². The number of carbonyl (C=O) groups is 2. The molecule has 2 aliphatic heterocycles. The first-order valence-electron chi connectivity index (χ1n) is 8.37. The normalized spacial score (nSPS) is 19.8. The monoisotopic (exact) mass is 337 g/mol. The molecule has 4 rings (SSSR count). The molecule has 1 aromatic carbocycles. The van der Waals surface area contributed by atoms with Crippen molar-refractivity contribution in [1.29, 1.82) is 0 Å². The minimum absolute atomic E-state index is 0.00271. The van der Waals surface area contributed by atoms with Gasteiger partial charge in [-0.15, -0.1) is 5.10 Å². The SMILES string of the molecule is Nc1cc2c(nn1)CCN(C(=O)[C@@H]1CC(=O)N(c3ccccc3)C1)C2. The molecule has 1 saturated heterocycles. The summed E-state index contributed by atoms with van der Waals surface area (Å²) in [6.07, 6.45) is 0.922. The first-order chi connectivity index (χ1) is 12.1. The van der Waals surface area contributed by atoms with Gasteiger partial charge >= 0.3 is 0 Å². The van der Waals surface area contributed by atoms with Gasteiger partial charge in [-0.2, -0.15) is 5.10 Å². The van der Waals surface area contributed by atoms with Crippen molar-refractivity contribution in [2.24, 2.45) is 5.92 Å². The summed E-state index contributed by atoms with van der Waals surface area (Å²) in [5.41, 5.74) is 8.38. The maximum atomic E-state index is 12.9. The zero-order chi connectivity index (χ0) is 17.4. The van der Waals surface area contributed by atoms with Gasteiger partial charge in [0.15, 0.2) is 0 Å². The Balaban J connectivity index is 1.48. The van der Waals surface area contributed by atoms with Crippen LogP contribution < -0.4 is 10.6 Å². The lowest BCUT2D eigenvalue weighted by Gasteiger charge is -2.30. The van der Waals surface area contributed by atoms with Gasteiger partial charge in [0.05, 0.1) is 11.6 Å². The highest BCUT2D eigenvalue weighted by Crippen LogP contribution is 2.28. The van der Waals surface area contributed by atoms with E-state index in [1.807, 2.05) is 30.3 Å². The quantitative estimate of drug-likeness (QED) is 0.882. The highest BCUT2D eigenvalue weighted by Gasteiger charge is 2.38. The molecule has 2 N–H and O–H groups in total. The standard InChI is InChI=1S/C18H19N5O2/c19-16-8-12-10-22(7-6-15(12)20-21-16)18(25)13-9-17(24)23(11-13)14-4-2-1-3-5-14/h1-5,8,13H,6-7,9-11H2,(H2,19,21)/t13-/m1/s1. The molecule has 25 heavy (non-hydrogen) atoms. The molecule has 0 aliphatic carbocycles. The Hall–Kier alpha value is -2.96. The number of carbonyl (C=O) groups excluding carboxylic acids is 2. The fraction of sp³-hybridized carbons (Fsp3) is 0.333. The van der Waals surface area contributed by atoms with Crippen molar-refractivity contribution in [1.82, 2.24) is 15.1 Å². The van der Waals surface area contributed by atoms with Crippen molar-refractivity contribution in [2.45, 2.75) is 19.4 Å². The van der Waals surface area contributed by atoms with Crippen molar-refractivity contribution < 1.29 is 9.59 Å². The number of nitrogens with zero attached hydrogens (tertiary/aromatic N) is 4. The Bertz CT molecular complexity index is 823. The Morgan fingerprint density at radius 2 is 2.00 bits per heavy atom. The molecule has 7 heteroatoms. The molecular formula is C18H19N5O2. The molecule has 7 nitrogen and oxygen atoms in total. The summed E-state index contributed by atoms with van der Waals surface area (Å²) in [6.45, 7) is 1.51. The number of aromatic nitrogens is 2. The van der Waals surface area contributed by atoms with Gasteiger partial charge in [0.1, 0.15) is 5.82 Å². The number of amides is 2. The number of nitrogens with two attached hydrogens (primary N) is 1. The molecule has 0 saturated carbocycles. The molecule has 0 radical (unpaired) electrons. The van der Waals surface area contributed by atoms with Crippen LogP contribution in [-0.4, -0.2) is 40.0 Å². The summed E-state index contributed by atoms with van der Waals surface area (Å²) in [7, 11) is 0. The lowest BCUT2D eigenvalue weighted by atomic mass is 10.0. The number of benzene rings is 1. The van der Waals surface area contributed by atoms with Gasteiger partial charge in [0.2, 0.25) is 11.8 Å². The highest BCUT2D eigenvalue weighted by atomic mass is 16.2. The Labute approximate surface area is 145 Å². The van der Waals surface area contributed by atoms with E-state index in [1.165, 1.54) is 0 Å². The van der Waals surface area contributed by atoms with Crippen LogP contribution in [0.4, 0.5) is 11.5 Å². The second kappa shape index (κ2) is 6.16. The van der Waals surface area contributed by atoms with E-state index >= 15 is 0 Å². The molecule has 1 atom stereocenters. The number of hydrogen-bond donors (Lipinski definition) is 1. The van der Waals surface area contributed by atoms with Gasteiger partial charge in [0, 0.05) is 38.2 Å². The molecule has 2 aliphatic rings. The molecule has 128 valence electrons. The molecule has 0 spiro atoms. The number of fused-ring (bicyclic) bond motifs is 1. The van der Waals surface area contributed by atoms with E-state index in [-0.39, 0.29) is 24.2 Å². The summed E-state index contributed by atoms with van der Waals surface area (Å²) in [5.74, 6) is 0.0747. The number of rotatable bonds is 2. The van der Waals surface area contributed by atoms with E-state index in [0.29, 0.717) is 31.9 Å².